The normalized spacial score (nSPS) is 21.8. The molecule has 2 aliphatic heterocycles. The Morgan fingerprint density at radius 3 is 2.66 bits per heavy atom. The predicted molar refractivity (Wildman–Crippen MR) is 115 cm³/mol. The zero-order chi connectivity index (χ0) is 20.4. The van der Waals surface area contributed by atoms with Crippen molar-refractivity contribution in [2.75, 3.05) is 46.8 Å². The van der Waals surface area contributed by atoms with Crippen molar-refractivity contribution in [2.24, 2.45) is 0 Å². The molecule has 1 saturated heterocycles. The number of aromatic nitrogens is 2. The summed E-state index contributed by atoms with van der Waals surface area (Å²) in [5, 5.41) is 0. The number of hydrogen-bond acceptors (Lipinski definition) is 4. The molecule has 156 valence electrons. The Bertz CT molecular complexity index is 825. The molecular formula is C23H33N5O. The van der Waals surface area contributed by atoms with Crippen molar-refractivity contribution in [3.63, 3.8) is 0 Å². The summed E-state index contributed by atoms with van der Waals surface area (Å²) in [5.74, 6) is 0.159. The van der Waals surface area contributed by atoms with Gasteiger partial charge in [-0.15, -0.1) is 0 Å². The van der Waals surface area contributed by atoms with Crippen molar-refractivity contribution in [2.45, 2.75) is 37.8 Å². The third kappa shape index (κ3) is 3.83. The van der Waals surface area contributed by atoms with Gasteiger partial charge < -0.3 is 14.4 Å². The quantitative estimate of drug-likeness (QED) is 0.780. The summed E-state index contributed by atoms with van der Waals surface area (Å²) < 4.78 is 2.33. The van der Waals surface area contributed by atoms with Crippen molar-refractivity contribution in [1.29, 1.82) is 0 Å². The van der Waals surface area contributed by atoms with E-state index in [2.05, 4.69) is 56.7 Å². The topological polar surface area (TPSA) is 44.6 Å². The zero-order valence-electron chi connectivity index (χ0n) is 17.9. The fraction of sp³-hybridized carbons (Fsp3) is 0.565. The van der Waals surface area contributed by atoms with Crippen molar-refractivity contribution in [3.8, 4) is 0 Å². The monoisotopic (exact) mass is 395 g/mol. The number of likely N-dealkylation sites (tertiary alicyclic amines) is 1. The molecule has 6 heteroatoms. The van der Waals surface area contributed by atoms with Crippen LogP contribution >= 0.6 is 0 Å². The maximum Gasteiger partial charge on any atom is 0.245 e. The highest BCUT2D eigenvalue weighted by molar-refractivity contribution is 5.82. The molecule has 1 aromatic carbocycles. The minimum absolute atomic E-state index is 0.0470. The number of carbonyl (C=O) groups is 1. The molecule has 0 aliphatic carbocycles. The molecule has 1 aromatic heterocycles. The minimum Gasteiger partial charge on any atom is -0.344 e. The molecule has 0 saturated carbocycles. The average Bonchev–Trinajstić information content (AvgIpc) is 3.24. The number of rotatable bonds is 5. The SMILES string of the molecule is CCN(C)C(=O)[C@H]1c2cncn2C2(CCN(CCc3ccccc3)CC2)CN1C. The van der Waals surface area contributed by atoms with Gasteiger partial charge in [-0.25, -0.2) is 4.98 Å². The molecule has 0 radical (unpaired) electrons. The molecule has 2 aliphatic rings. The molecule has 29 heavy (non-hydrogen) atoms. The third-order valence-electron chi connectivity index (χ3n) is 6.87. The van der Waals surface area contributed by atoms with E-state index in [1.807, 2.05) is 31.4 Å². The van der Waals surface area contributed by atoms with Gasteiger partial charge in [-0.1, -0.05) is 30.3 Å². The van der Waals surface area contributed by atoms with Crippen LogP contribution in [0.3, 0.4) is 0 Å². The second-order valence-electron chi connectivity index (χ2n) is 8.66. The maximum absolute atomic E-state index is 13.0. The van der Waals surface area contributed by atoms with E-state index in [0.29, 0.717) is 0 Å². The van der Waals surface area contributed by atoms with Crippen LogP contribution in [0.5, 0.6) is 0 Å². The summed E-state index contributed by atoms with van der Waals surface area (Å²) in [6, 6.07) is 10.5. The van der Waals surface area contributed by atoms with Crippen LogP contribution in [0.25, 0.3) is 0 Å². The third-order valence-corrected chi connectivity index (χ3v) is 6.87. The molecule has 1 fully saturated rings. The van der Waals surface area contributed by atoms with E-state index in [4.69, 9.17) is 0 Å². The number of nitrogens with zero attached hydrogens (tertiary/aromatic N) is 5. The van der Waals surface area contributed by atoms with Gasteiger partial charge >= 0.3 is 0 Å². The van der Waals surface area contributed by atoms with Gasteiger partial charge in [0.1, 0.15) is 6.04 Å². The fourth-order valence-corrected chi connectivity index (χ4v) is 4.96. The van der Waals surface area contributed by atoms with Crippen LogP contribution < -0.4 is 0 Å². The molecule has 4 rings (SSSR count). The van der Waals surface area contributed by atoms with Crippen LogP contribution in [-0.4, -0.2) is 77.0 Å². The van der Waals surface area contributed by atoms with Crippen molar-refractivity contribution in [1.82, 2.24) is 24.3 Å². The van der Waals surface area contributed by atoms with Crippen molar-refractivity contribution in [3.05, 3.63) is 54.1 Å². The van der Waals surface area contributed by atoms with E-state index in [1.165, 1.54) is 5.56 Å². The molecule has 3 heterocycles. The Labute approximate surface area is 174 Å². The molecule has 1 amide bonds. The van der Waals surface area contributed by atoms with E-state index in [1.54, 1.807) is 0 Å². The number of hydrogen-bond donors (Lipinski definition) is 0. The first kappa shape index (κ1) is 20.1. The largest absolute Gasteiger partial charge is 0.344 e. The van der Waals surface area contributed by atoms with Gasteiger partial charge in [-0.05, 0) is 38.8 Å². The maximum atomic E-state index is 13.0. The molecule has 0 bridgehead atoms. The first-order chi connectivity index (χ1) is 14.0. The first-order valence-electron chi connectivity index (χ1n) is 10.8. The van der Waals surface area contributed by atoms with Gasteiger partial charge in [0.25, 0.3) is 0 Å². The van der Waals surface area contributed by atoms with E-state index >= 15 is 0 Å². The number of benzene rings is 1. The molecule has 6 nitrogen and oxygen atoms in total. The summed E-state index contributed by atoms with van der Waals surface area (Å²) in [4.78, 5) is 24.1. The lowest BCUT2D eigenvalue weighted by Gasteiger charge is -2.50. The van der Waals surface area contributed by atoms with E-state index < -0.39 is 0 Å². The Morgan fingerprint density at radius 1 is 1.24 bits per heavy atom. The van der Waals surface area contributed by atoms with E-state index in [0.717, 1.165) is 57.7 Å². The summed E-state index contributed by atoms with van der Waals surface area (Å²) in [6.45, 7) is 6.92. The van der Waals surface area contributed by atoms with Gasteiger partial charge in [0.15, 0.2) is 0 Å². The molecule has 1 spiro atoms. The van der Waals surface area contributed by atoms with Gasteiger partial charge in [0.05, 0.1) is 23.8 Å². The van der Waals surface area contributed by atoms with Gasteiger partial charge in [0, 0.05) is 39.8 Å². The van der Waals surface area contributed by atoms with Crippen LogP contribution in [0.15, 0.2) is 42.9 Å². The van der Waals surface area contributed by atoms with E-state index in [-0.39, 0.29) is 17.5 Å². The number of imidazole rings is 1. The van der Waals surface area contributed by atoms with Crippen molar-refractivity contribution < 1.29 is 4.79 Å². The van der Waals surface area contributed by atoms with Crippen LogP contribution in [0.4, 0.5) is 0 Å². The number of piperidine rings is 1. The Balaban J connectivity index is 1.46. The molecule has 2 aromatic rings. The lowest BCUT2D eigenvalue weighted by Crippen LogP contribution is -2.58. The lowest BCUT2D eigenvalue weighted by atomic mass is 9.83. The second kappa shape index (κ2) is 8.28. The van der Waals surface area contributed by atoms with E-state index in [9.17, 15) is 4.79 Å². The highest BCUT2D eigenvalue weighted by atomic mass is 16.2. The highest BCUT2D eigenvalue weighted by Crippen LogP contribution is 2.40. The van der Waals surface area contributed by atoms with Crippen LogP contribution in [0.1, 0.15) is 37.1 Å². The Morgan fingerprint density at radius 2 is 1.97 bits per heavy atom. The summed E-state index contributed by atoms with van der Waals surface area (Å²) in [5.41, 5.74) is 2.50. The number of carbonyl (C=O) groups excluding carboxylic acids is 1. The fourth-order valence-electron chi connectivity index (χ4n) is 4.96. The summed E-state index contributed by atoms with van der Waals surface area (Å²) in [7, 11) is 3.97. The zero-order valence-corrected chi connectivity index (χ0v) is 17.9. The summed E-state index contributed by atoms with van der Waals surface area (Å²) >= 11 is 0. The van der Waals surface area contributed by atoms with Gasteiger partial charge in [-0.3, -0.25) is 9.69 Å². The van der Waals surface area contributed by atoms with Crippen molar-refractivity contribution >= 4 is 5.91 Å². The molecule has 0 unspecified atom stereocenters. The second-order valence-corrected chi connectivity index (χ2v) is 8.66. The standard InChI is InChI=1S/C23H33N5O/c1-4-25(2)22(29)21-20-16-24-18-28(20)23(17-26(21)3)11-14-27(15-12-23)13-10-19-8-6-5-7-9-19/h5-9,16,18,21H,4,10-15,17H2,1-3H3/t21-/m1/s1. The Hall–Kier alpha value is -2.18. The first-order valence-corrected chi connectivity index (χ1v) is 10.8. The molecular weight excluding hydrogens is 362 g/mol. The van der Waals surface area contributed by atoms with Gasteiger partial charge in [0.2, 0.25) is 5.91 Å². The lowest BCUT2D eigenvalue weighted by molar-refractivity contribution is -0.137. The minimum atomic E-state index is -0.232. The van der Waals surface area contributed by atoms with Crippen LogP contribution in [0.2, 0.25) is 0 Å². The van der Waals surface area contributed by atoms with Gasteiger partial charge in [-0.2, -0.15) is 0 Å². The number of likely N-dealkylation sites (N-methyl/N-ethyl adjacent to an activating group) is 2. The average molecular weight is 396 g/mol. The Kier molecular flexibility index (Phi) is 5.74. The van der Waals surface area contributed by atoms with Crippen LogP contribution in [-0.2, 0) is 16.8 Å². The number of fused-ring (bicyclic) bond motifs is 2. The highest BCUT2D eigenvalue weighted by Gasteiger charge is 2.46. The molecule has 1 atom stereocenters. The smallest absolute Gasteiger partial charge is 0.245 e. The number of amides is 1. The predicted octanol–water partition coefficient (Wildman–Crippen LogP) is 2.38. The summed E-state index contributed by atoms with van der Waals surface area (Å²) in [6.07, 6.45) is 7.14. The molecule has 0 N–H and O–H groups in total. The van der Waals surface area contributed by atoms with Crippen LogP contribution in [0, 0.1) is 0 Å².